The molecule has 0 saturated carbocycles. The van der Waals surface area contributed by atoms with E-state index in [2.05, 4.69) is 5.32 Å². The van der Waals surface area contributed by atoms with Crippen molar-refractivity contribution >= 4 is 17.3 Å². The maximum atomic E-state index is 10.9. The van der Waals surface area contributed by atoms with Gasteiger partial charge in [0.05, 0.1) is 15.5 Å². The zero-order chi connectivity index (χ0) is 11.7. The fourth-order valence-electron chi connectivity index (χ4n) is 2.00. The second-order valence-corrected chi connectivity index (χ2v) is 4.14. The highest BCUT2D eigenvalue weighted by Crippen LogP contribution is 2.41. The number of nitro benzene ring substituents is 1. The number of halogens is 1. The standard InChI is InChI=1S/C10H11ClN2O3/c11-6-3-4-8(13(15)16)9(10(6)14)7-2-1-5-12-7/h3-4,7,12,14H,1-2,5H2/t7-/m1/s1. The van der Waals surface area contributed by atoms with Crippen molar-refractivity contribution < 1.29 is 10.0 Å². The Kier molecular flexibility index (Phi) is 2.98. The summed E-state index contributed by atoms with van der Waals surface area (Å²) in [5.74, 6) is -0.185. The van der Waals surface area contributed by atoms with Crippen molar-refractivity contribution in [2.45, 2.75) is 18.9 Å². The van der Waals surface area contributed by atoms with Crippen molar-refractivity contribution in [3.8, 4) is 5.75 Å². The van der Waals surface area contributed by atoms with Gasteiger partial charge in [-0.15, -0.1) is 0 Å². The molecule has 6 heteroatoms. The van der Waals surface area contributed by atoms with Gasteiger partial charge in [-0.25, -0.2) is 0 Å². The summed E-state index contributed by atoms with van der Waals surface area (Å²) in [6.45, 7) is 0.799. The summed E-state index contributed by atoms with van der Waals surface area (Å²) in [6, 6.07) is 2.49. The topological polar surface area (TPSA) is 75.4 Å². The van der Waals surface area contributed by atoms with Crippen LogP contribution in [0.25, 0.3) is 0 Å². The number of hydrogen-bond acceptors (Lipinski definition) is 4. The van der Waals surface area contributed by atoms with Crippen LogP contribution in [0.15, 0.2) is 12.1 Å². The van der Waals surface area contributed by atoms with E-state index in [-0.39, 0.29) is 22.5 Å². The van der Waals surface area contributed by atoms with Gasteiger partial charge >= 0.3 is 0 Å². The first-order valence-electron chi connectivity index (χ1n) is 5.00. The van der Waals surface area contributed by atoms with E-state index >= 15 is 0 Å². The van der Waals surface area contributed by atoms with Crippen LogP contribution in [0.4, 0.5) is 5.69 Å². The Bertz CT molecular complexity index is 430. The molecule has 1 fully saturated rings. The predicted molar refractivity (Wildman–Crippen MR) is 59.7 cm³/mol. The largest absolute Gasteiger partial charge is 0.506 e. The van der Waals surface area contributed by atoms with E-state index in [0.717, 1.165) is 19.4 Å². The smallest absolute Gasteiger partial charge is 0.278 e. The van der Waals surface area contributed by atoms with Gasteiger partial charge in [-0.2, -0.15) is 0 Å². The molecule has 0 aliphatic carbocycles. The molecule has 1 aromatic rings. The van der Waals surface area contributed by atoms with Gasteiger partial charge in [0.1, 0.15) is 5.75 Å². The molecule has 2 N–H and O–H groups in total. The number of rotatable bonds is 2. The average molecular weight is 243 g/mol. The lowest BCUT2D eigenvalue weighted by molar-refractivity contribution is -0.385. The van der Waals surface area contributed by atoms with Crippen LogP contribution in [0.5, 0.6) is 5.75 Å². The van der Waals surface area contributed by atoms with Crippen LogP contribution in [0, 0.1) is 10.1 Å². The van der Waals surface area contributed by atoms with Crippen LogP contribution in [0.3, 0.4) is 0 Å². The average Bonchev–Trinajstić information content (AvgIpc) is 2.74. The highest BCUT2D eigenvalue weighted by Gasteiger charge is 2.29. The van der Waals surface area contributed by atoms with E-state index in [1.807, 2.05) is 0 Å². The summed E-state index contributed by atoms with van der Waals surface area (Å²) in [4.78, 5) is 10.4. The molecule has 0 radical (unpaired) electrons. The lowest BCUT2D eigenvalue weighted by Gasteiger charge is -2.13. The molecule has 0 spiro atoms. The van der Waals surface area contributed by atoms with E-state index in [1.165, 1.54) is 12.1 Å². The maximum Gasteiger partial charge on any atom is 0.278 e. The third-order valence-electron chi connectivity index (χ3n) is 2.75. The van der Waals surface area contributed by atoms with E-state index in [1.54, 1.807) is 0 Å². The van der Waals surface area contributed by atoms with Crippen molar-refractivity contribution in [3.63, 3.8) is 0 Å². The molecular formula is C10H11ClN2O3. The monoisotopic (exact) mass is 242 g/mol. The number of nitrogens with one attached hydrogen (secondary N) is 1. The van der Waals surface area contributed by atoms with Gasteiger partial charge in [0.15, 0.2) is 0 Å². The Morgan fingerprint density at radius 3 is 2.88 bits per heavy atom. The number of hydrogen-bond donors (Lipinski definition) is 2. The normalized spacial score (nSPS) is 19.9. The molecule has 0 amide bonds. The third-order valence-corrected chi connectivity index (χ3v) is 3.06. The molecule has 1 aliphatic rings. The van der Waals surface area contributed by atoms with E-state index in [9.17, 15) is 15.2 Å². The van der Waals surface area contributed by atoms with Crippen LogP contribution >= 0.6 is 11.6 Å². The molecule has 0 bridgehead atoms. The minimum Gasteiger partial charge on any atom is -0.506 e. The second kappa shape index (κ2) is 4.27. The zero-order valence-electron chi connectivity index (χ0n) is 8.44. The number of nitro groups is 1. The molecule has 1 aliphatic heterocycles. The minimum absolute atomic E-state index is 0.0821. The number of aromatic hydroxyl groups is 1. The van der Waals surface area contributed by atoms with Gasteiger partial charge in [0, 0.05) is 12.1 Å². The van der Waals surface area contributed by atoms with E-state index in [0.29, 0.717) is 5.56 Å². The number of phenolic OH excluding ortho intramolecular Hbond substituents is 1. The fourth-order valence-corrected chi connectivity index (χ4v) is 2.17. The van der Waals surface area contributed by atoms with Crippen molar-refractivity contribution in [1.29, 1.82) is 0 Å². The van der Waals surface area contributed by atoms with Gasteiger partial charge in [-0.1, -0.05) is 11.6 Å². The number of benzene rings is 1. The predicted octanol–water partition coefficient (Wildman–Crippen LogP) is 2.38. The first-order chi connectivity index (χ1) is 7.61. The van der Waals surface area contributed by atoms with Crippen LogP contribution in [0.2, 0.25) is 5.02 Å². The summed E-state index contributed by atoms with van der Waals surface area (Å²) >= 11 is 5.77. The Balaban J connectivity index is 2.53. The molecule has 0 aromatic heterocycles. The molecule has 16 heavy (non-hydrogen) atoms. The molecule has 1 heterocycles. The number of nitrogens with zero attached hydrogens (tertiary/aromatic N) is 1. The second-order valence-electron chi connectivity index (χ2n) is 3.73. The summed E-state index contributed by atoms with van der Waals surface area (Å²) in [5.41, 5.74) is 0.219. The Hall–Kier alpha value is -1.33. The van der Waals surface area contributed by atoms with Gasteiger partial charge in [-0.3, -0.25) is 10.1 Å². The third kappa shape index (κ3) is 1.83. The molecule has 1 saturated heterocycles. The van der Waals surface area contributed by atoms with E-state index in [4.69, 9.17) is 11.6 Å². The Morgan fingerprint density at radius 1 is 1.56 bits per heavy atom. The highest BCUT2D eigenvalue weighted by atomic mass is 35.5. The fraction of sp³-hybridized carbons (Fsp3) is 0.400. The summed E-state index contributed by atoms with van der Waals surface area (Å²) in [7, 11) is 0. The molecular weight excluding hydrogens is 232 g/mol. The number of phenols is 1. The SMILES string of the molecule is O=[N+]([O-])c1ccc(Cl)c(O)c1[C@H]1CCCN1. The maximum absolute atomic E-state index is 10.9. The lowest BCUT2D eigenvalue weighted by atomic mass is 10.0. The summed E-state index contributed by atoms with van der Waals surface area (Å²) in [5, 5.41) is 23.9. The quantitative estimate of drug-likeness (QED) is 0.617. The van der Waals surface area contributed by atoms with Crippen molar-refractivity contribution in [2.24, 2.45) is 0 Å². The zero-order valence-corrected chi connectivity index (χ0v) is 9.20. The van der Waals surface area contributed by atoms with Crippen molar-refractivity contribution in [3.05, 3.63) is 32.8 Å². The molecule has 86 valence electrons. The lowest BCUT2D eigenvalue weighted by Crippen LogP contribution is -2.14. The van der Waals surface area contributed by atoms with Crippen molar-refractivity contribution in [1.82, 2.24) is 5.32 Å². The highest BCUT2D eigenvalue weighted by molar-refractivity contribution is 6.32. The Labute approximate surface area is 97.2 Å². The molecule has 5 nitrogen and oxygen atoms in total. The van der Waals surface area contributed by atoms with Crippen LogP contribution in [-0.2, 0) is 0 Å². The Morgan fingerprint density at radius 2 is 2.31 bits per heavy atom. The van der Waals surface area contributed by atoms with Crippen LogP contribution in [0.1, 0.15) is 24.4 Å². The van der Waals surface area contributed by atoms with Gasteiger partial charge < -0.3 is 10.4 Å². The van der Waals surface area contributed by atoms with Crippen LogP contribution in [-0.4, -0.2) is 16.6 Å². The van der Waals surface area contributed by atoms with Crippen molar-refractivity contribution in [2.75, 3.05) is 6.54 Å². The summed E-state index contributed by atoms with van der Waals surface area (Å²) in [6.07, 6.45) is 1.71. The minimum atomic E-state index is -0.495. The molecule has 0 unspecified atom stereocenters. The van der Waals surface area contributed by atoms with E-state index < -0.39 is 4.92 Å². The van der Waals surface area contributed by atoms with Gasteiger partial charge in [0.25, 0.3) is 5.69 Å². The first-order valence-corrected chi connectivity index (χ1v) is 5.38. The van der Waals surface area contributed by atoms with Gasteiger partial charge in [0.2, 0.25) is 0 Å². The molecule has 1 aromatic carbocycles. The first kappa shape index (κ1) is 11.2. The van der Waals surface area contributed by atoms with Crippen LogP contribution < -0.4 is 5.32 Å². The molecule has 1 atom stereocenters. The van der Waals surface area contributed by atoms with Gasteiger partial charge in [-0.05, 0) is 25.5 Å². The molecule has 2 rings (SSSR count). The summed E-state index contributed by atoms with van der Waals surface area (Å²) < 4.78 is 0.